The normalized spacial score (nSPS) is 10.6. The first-order chi connectivity index (χ1) is 11.6. The Balaban J connectivity index is 1.68. The molecular weight excluding hydrogens is 320 g/mol. The Bertz CT molecular complexity index is 915. The second-order valence-electron chi connectivity index (χ2n) is 5.54. The van der Waals surface area contributed by atoms with Crippen LogP contribution in [0.3, 0.4) is 0 Å². The van der Waals surface area contributed by atoms with Crippen LogP contribution in [0.5, 0.6) is 0 Å². The minimum Gasteiger partial charge on any atom is -0.267 e. The Labute approximate surface area is 144 Å². The lowest BCUT2D eigenvalue weighted by Gasteiger charge is -2.07. The number of aryl methyl sites for hydroxylation is 2. The molecule has 0 unspecified atom stereocenters. The smallest absolute Gasteiger partial charge is 0.267 e. The van der Waals surface area contributed by atoms with Crippen LogP contribution in [0.4, 0.5) is 0 Å². The molecule has 2 amide bonds. The van der Waals surface area contributed by atoms with E-state index >= 15 is 0 Å². The SMILES string of the molecule is CCc1sc(C(=O)NNC(=O)c2ccc3ccccc3c2)cc1C. The highest BCUT2D eigenvalue weighted by Crippen LogP contribution is 2.22. The minimum absolute atomic E-state index is 0.295. The molecule has 3 aromatic rings. The lowest BCUT2D eigenvalue weighted by atomic mass is 10.1. The van der Waals surface area contributed by atoms with Crippen molar-refractivity contribution in [2.45, 2.75) is 20.3 Å². The molecule has 1 aromatic heterocycles. The van der Waals surface area contributed by atoms with Crippen molar-refractivity contribution >= 4 is 33.9 Å². The number of benzene rings is 2. The number of hydrogen-bond donors (Lipinski definition) is 2. The van der Waals surface area contributed by atoms with Gasteiger partial charge in [0, 0.05) is 10.4 Å². The first-order valence-electron chi connectivity index (χ1n) is 7.77. The average Bonchev–Trinajstić information content (AvgIpc) is 2.99. The summed E-state index contributed by atoms with van der Waals surface area (Å²) in [5.41, 5.74) is 6.57. The summed E-state index contributed by atoms with van der Waals surface area (Å²) in [5.74, 6) is -0.630. The van der Waals surface area contributed by atoms with Gasteiger partial charge in [-0.3, -0.25) is 20.4 Å². The summed E-state index contributed by atoms with van der Waals surface area (Å²) in [4.78, 5) is 26.2. The lowest BCUT2D eigenvalue weighted by molar-refractivity contribution is 0.0849. The van der Waals surface area contributed by atoms with Crippen molar-refractivity contribution in [1.82, 2.24) is 10.9 Å². The van der Waals surface area contributed by atoms with Gasteiger partial charge >= 0.3 is 0 Å². The third-order valence-electron chi connectivity index (χ3n) is 3.87. The number of thiophene rings is 1. The number of hydrogen-bond acceptors (Lipinski definition) is 3. The predicted molar refractivity (Wildman–Crippen MR) is 97.3 cm³/mol. The Morgan fingerprint density at radius 1 is 0.958 bits per heavy atom. The second-order valence-corrected chi connectivity index (χ2v) is 6.68. The van der Waals surface area contributed by atoms with Crippen LogP contribution >= 0.6 is 11.3 Å². The van der Waals surface area contributed by atoms with Crippen LogP contribution in [0.15, 0.2) is 48.5 Å². The van der Waals surface area contributed by atoms with E-state index in [0.717, 1.165) is 22.8 Å². The van der Waals surface area contributed by atoms with Crippen molar-refractivity contribution in [1.29, 1.82) is 0 Å². The molecule has 0 atom stereocenters. The zero-order valence-corrected chi connectivity index (χ0v) is 14.4. The van der Waals surface area contributed by atoms with E-state index in [0.29, 0.717) is 10.4 Å². The van der Waals surface area contributed by atoms with Crippen molar-refractivity contribution in [3.63, 3.8) is 0 Å². The van der Waals surface area contributed by atoms with Crippen molar-refractivity contribution in [3.8, 4) is 0 Å². The van der Waals surface area contributed by atoms with E-state index in [1.807, 2.05) is 43.3 Å². The van der Waals surface area contributed by atoms with Gasteiger partial charge in [0.25, 0.3) is 11.8 Å². The van der Waals surface area contributed by atoms with Gasteiger partial charge in [-0.25, -0.2) is 0 Å². The molecule has 2 aromatic carbocycles. The van der Waals surface area contributed by atoms with Gasteiger partial charge < -0.3 is 0 Å². The number of hydrazine groups is 1. The summed E-state index contributed by atoms with van der Waals surface area (Å²) in [6, 6.07) is 15.1. The Morgan fingerprint density at radius 3 is 2.38 bits per heavy atom. The average molecular weight is 338 g/mol. The summed E-state index contributed by atoms with van der Waals surface area (Å²) in [6.45, 7) is 4.04. The maximum absolute atomic E-state index is 12.2. The van der Waals surface area contributed by atoms with Crippen molar-refractivity contribution in [3.05, 3.63) is 69.4 Å². The van der Waals surface area contributed by atoms with Crippen LogP contribution in [0.2, 0.25) is 0 Å². The van der Waals surface area contributed by atoms with Crippen molar-refractivity contribution < 1.29 is 9.59 Å². The third kappa shape index (κ3) is 3.31. The highest BCUT2D eigenvalue weighted by Gasteiger charge is 2.13. The molecular formula is C19H18N2O2S. The molecule has 0 aliphatic carbocycles. The van der Waals surface area contributed by atoms with Gasteiger partial charge in [0.15, 0.2) is 0 Å². The van der Waals surface area contributed by atoms with Crippen LogP contribution < -0.4 is 10.9 Å². The number of rotatable bonds is 3. The highest BCUT2D eigenvalue weighted by molar-refractivity contribution is 7.14. The maximum atomic E-state index is 12.2. The molecule has 0 saturated carbocycles. The number of carbonyl (C=O) groups is 2. The molecule has 0 saturated heterocycles. The van der Waals surface area contributed by atoms with Crippen LogP contribution in [-0.2, 0) is 6.42 Å². The molecule has 3 rings (SSSR count). The molecule has 4 nitrogen and oxygen atoms in total. The van der Waals surface area contributed by atoms with Gasteiger partial charge in [-0.1, -0.05) is 37.3 Å². The Morgan fingerprint density at radius 2 is 1.67 bits per heavy atom. The minimum atomic E-state index is -0.335. The summed E-state index contributed by atoms with van der Waals surface area (Å²) in [6.07, 6.45) is 0.896. The summed E-state index contributed by atoms with van der Waals surface area (Å²) >= 11 is 1.45. The summed E-state index contributed by atoms with van der Waals surface area (Å²) < 4.78 is 0. The van der Waals surface area contributed by atoms with Gasteiger partial charge in [-0.15, -0.1) is 11.3 Å². The van der Waals surface area contributed by atoms with Crippen molar-refractivity contribution in [2.75, 3.05) is 0 Å². The van der Waals surface area contributed by atoms with Crippen LogP contribution in [-0.4, -0.2) is 11.8 Å². The number of amides is 2. The molecule has 0 fully saturated rings. The lowest BCUT2D eigenvalue weighted by Crippen LogP contribution is -2.41. The quantitative estimate of drug-likeness (QED) is 0.713. The van der Waals surface area contributed by atoms with E-state index < -0.39 is 0 Å². The van der Waals surface area contributed by atoms with Gasteiger partial charge in [-0.05, 0) is 47.9 Å². The summed E-state index contributed by atoms with van der Waals surface area (Å²) in [5, 5.41) is 2.05. The molecule has 5 heteroatoms. The zero-order valence-electron chi connectivity index (χ0n) is 13.6. The van der Waals surface area contributed by atoms with Crippen molar-refractivity contribution in [2.24, 2.45) is 0 Å². The summed E-state index contributed by atoms with van der Waals surface area (Å²) in [7, 11) is 0. The first kappa shape index (κ1) is 16.2. The predicted octanol–water partition coefficient (Wildman–Crippen LogP) is 3.85. The molecule has 24 heavy (non-hydrogen) atoms. The van der Waals surface area contributed by atoms with E-state index in [1.165, 1.54) is 16.2 Å². The molecule has 0 radical (unpaired) electrons. The van der Waals surface area contributed by atoms with Crippen LogP contribution in [0.1, 0.15) is 37.4 Å². The van der Waals surface area contributed by atoms with E-state index in [1.54, 1.807) is 12.1 Å². The largest absolute Gasteiger partial charge is 0.279 e. The van der Waals surface area contributed by atoms with Gasteiger partial charge in [0.1, 0.15) is 0 Å². The van der Waals surface area contributed by atoms with E-state index in [9.17, 15) is 9.59 Å². The fourth-order valence-electron chi connectivity index (χ4n) is 2.56. The zero-order chi connectivity index (χ0) is 17.1. The second kappa shape index (κ2) is 6.84. The Hall–Kier alpha value is -2.66. The highest BCUT2D eigenvalue weighted by atomic mass is 32.1. The molecule has 0 bridgehead atoms. The Kier molecular flexibility index (Phi) is 4.62. The topological polar surface area (TPSA) is 58.2 Å². The van der Waals surface area contributed by atoms with E-state index in [2.05, 4.69) is 17.8 Å². The fourth-order valence-corrected chi connectivity index (χ4v) is 3.57. The maximum Gasteiger partial charge on any atom is 0.279 e. The van der Waals surface area contributed by atoms with E-state index in [-0.39, 0.29) is 11.8 Å². The molecule has 2 N–H and O–H groups in total. The molecule has 1 heterocycles. The number of carbonyl (C=O) groups excluding carboxylic acids is 2. The standard InChI is InChI=1S/C19H18N2O2S/c1-3-16-12(2)10-17(24-16)19(23)21-20-18(22)15-9-8-13-6-4-5-7-14(13)11-15/h4-11H,3H2,1-2H3,(H,20,22)(H,21,23). The monoisotopic (exact) mass is 338 g/mol. The third-order valence-corrected chi connectivity index (χ3v) is 5.25. The van der Waals surface area contributed by atoms with Crippen LogP contribution in [0.25, 0.3) is 10.8 Å². The van der Waals surface area contributed by atoms with Crippen LogP contribution in [0, 0.1) is 6.92 Å². The van der Waals surface area contributed by atoms with E-state index in [4.69, 9.17) is 0 Å². The van der Waals surface area contributed by atoms with Gasteiger partial charge in [-0.2, -0.15) is 0 Å². The molecule has 0 spiro atoms. The number of fused-ring (bicyclic) bond motifs is 1. The molecule has 122 valence electrons. The molecule has 0 aliphatic heterocycles. The van der Waals surface area contributed by atoms with Gasteiger partial charge in [0.2, 0.25) is 0 Å². The number of nitrogens with one attached hydrogen (secondary N) is 2. The first-order valence-corrected chi connectivity index (χ1v) is 8.59. The van der Waals surface area contributed by atoms with Gasteiger partial charge in [0.05, 0.1) is 4.88 Å². The molecule has 0 aliphatic rings. The fraction of sp³-hybridized carbons (Fsp3) is 0.158.